The summed E-state index contributed by atoms with van der Waals surface area (Å²) in [5.74, 6) is 0.522. The van der Waals surface area contributed by atoms with Crippen molar-refractivity contribution in [2.45, 2.75) is 77.5 Å². The van der Waals surface area contributed by atoms with Crippen LogP contribution < -0.4 is 0 Å². The second-order valence-electron chi connectivity index (χ2n) is 19.3. The Hall–Kier alpha value is -7.24. The summed E-state index contributed by atoms with van der Waals surface area (Å²) in [6.07, 6.45) is 6.60. The molecule has 1 radical (unpaired) electrons. The van der Waals surface area contributed by atoms with Crippen LogP contribution in [0.4, 0.5) is 4.39 Å². The van der Waals surface area contributed by atoms with Gasteiger partial charge in [-0.25, -0.2) is 4.39 Å². The summed E-state index contributed by atoms with van der Waals surface area (Å²) in [6, 6.07) is 69.3. The van der Waals surface area contributed by atoms with E-state index in [4.69, 9.17) is 10.8 Å². The van der Waals surface area contributed by atoms with Gasteiger partial charge in [0.15, 0.2) is 0 Å². The van der Waals surface area contributed by atoms with Crippen LogP contribution in [0.15, 0.2) is 193 Å². The van der Waals surface area contributed by atoms with E-state index in [2.05, 4.69) is 189 Å². The Morgan fingerprint density at radius 1 is 0.611 bits per heavy atom. The Morgan fingerprint density at radius 2 is 1.25 bits per heavy atom. The van der Waals surface area contributed by atoms with Crippen LogP contribution in [0.2, 0.25) is 0 Å². The molecule has 3 heterocycles. The molecule has 1 aliphatic rings. The molecule has 0 atom stereocenters. The fraction of sp³-hybridized carbons (Fsp3) is 0.182. The van der Waals surface area contributed by atoms with Crippen LogP contribution in [0.3, 0.4) is 0 Å². The number of benzene rings is 8. The minimum absolute atomic E-state index is 0. The fourth-order valence-electron chi connectivity index (χ4n) is 10.2. The third-order valence-electron chi connectivity index (χ3n) is 14.0. The van der Waals surface area contributed by atoms with E-state index in [0.29, 0.717) is 0 Å². The van der Waals surface area contributed by atoms with Crippen molar-refractivity contribution in [3.8, 4) is 61.7 Å². The number of hydrogen-bond donors (Lipinski definition) is 0. The van der Waals surface area contributed by atoms with Gasteiger partial charge < -0.3 is 14.0 Å². The molecular formula is C66H56FIrN3O-2. The van der Waals surface area contributed by atoms with Gasteiger partial charge in [-0.05, 0) is 123 Å². The van der Waals surface area contributed by atoms with Gasteiger partial charge in [0.1, 0.15) is 11.4 Å². The first-order chi connectivity index (χ1) is 35.1. The van der Waals surface area contributed by atoms with Gasteiger partial charge in [-0.2, -0.15) is 0 Å². The van der Waals surface area contributed by atoms with Crippen molar-refractivity contribution < 1.29 is 30.3 Å². The Labute approximate surface area is 437 Å². The molecule has 8 aromatic carbocycles. The number of furan rings is 1. The first kappa shape index (κ1) is 47.1. The second-order valence-corrected chi connectivity index (χ2v) is 19.3. The van der Waals surface area contributed by atoms with Crippen molar-refractivity contribution in [1.29, 1.82) is 0 Å². The Balaban J connectivity index is 0.000000379. The summed E-state index contributed by atoms with van der Waals surface area (Å²) in [4.78, 5) is 9.32. The minimum Gasteiger partial charge on any atom is -0.501 e. The molecule has 1 saturated carbocycles. The third kappa shape index (κ3) is 9.74. The van der Waals surface area contributed by atoms with E-state index in [9.17, 15) is 4.39 Å². The van der Waals surface area contributed by atoms with Gasteiger partial charge in [-0.3, -0.25) is 4.98 Å². The number of hydrogen-bond acceptors (Lipinski definition) is 3. The van der Waals surface area contributed by atoms with Gasteiger partial charge in [-0.15, -0.1) is 54.1 Å². The average Bonchev–Trinajstić information content (AvgIpc) is 4.00. The second kappa shape index (κ2) is 21.2. The van der Waals surface area contributed by atoms with E-state index in [0.717, 1.165) is 98.0 Å². The number of pyridine rings is 1. The largest absolute Gasteiger partial charge is 0.501 e. The number of para-hydroxylation sites is 2. The van der Waals surface area contributed by atoms with Gasteiger partial charge in [0, 0.05) is 32.5 Å². The van der Waals surface area contributed by atoms with Crippen molar-refractivity contribution in [3.63, 3.8) is 0 Å². The summed E-state index contributed by atoms with van der Waals surface area (Å²) in [6.45, 7) is 9.18. The van der Waals surface area contributed by atoms with Crippen molar-refractivity contribution in [3.05, 3.63) is 223 Å². The molecule has 3 aromatic heterocycles. The quantitative estimate of drug-likeness (QED) is 0.135. The summed E-state index contributed by atoms with van der Waals surface area (Å²) < 4.78 is 30.9. The Kier molecular flexibility index (Phi) is 13.9. The van der Waals surface area contributed by atoms with Crippen molar-refractivity contribution in [1.82, 2.24) is 14.5 Å². The van der Waals surface area contributed by atoms with E-state index in [1.54, 1.807) is 12.1 Å². The summed E-state index contributed by atoms with van der Waals surface area (Å²) >= 11 is 0. The van der Waals surface area contributed by atoms with E-state index < -0.39 is 5.89 Å². The molecule has 0 aliphatic heterocycles. The smallest absolute Gasteiger partial charge is 0.139 e. The van der Waals surface area contributed by atoms with Crippen LogP contribution in [0.5, 0.6) is 0 Å². The monoisotopic (exact) mass is 1120 g/mol. The molecule has 0 amide bonds. The molecule has 1 aliphatic carbocycles. The zero-order valence-electron chi connectivity index (χ0n) is 42.0. The number of nitrogens with zero attached hydrogens (tertiary/aromatic N) is 3. The molecule has 6 heteroatoms. The van der Waals surface area contributed by atoms with Gasteiger partial charge >= 0.3 is 0 Å². The van der Waals surface area contributed by atoms with Crippen LogP contribution in [-0.2, 0) is 20.1 Å². The predicted octanol–water partition coefficient (Wildman–Crippen LogP) is 18.4. The molecule has 12 rings (SSSR count). The van der Waals surface area contributed by atoms with Gasteiger partial charge in [-0.1, -0.05) is 167 Å². The maximum Gasteiger partial charge on any atom is 0.139 e. The number of halogens is 1. The molecule has 0 unspecified atom stereocenters. The van der Waals surface area contributed by atoms with Crippen molar-refractivity contribution in [2.24, 2.45) is 0 Å². The van der Waals surface area contributed by atoms with Crippen LogP contribution >= 0.6 is 0 Å². The van der Waals surface area contributed by atoms with E-state index in [1.807, 2.05) is 24.3 Å². The summed E-state index contributed by atoms with van der Waals surface area (Å²) in [5.41, 5.74) is 18.0. The van der Waals surface area contributed by atoms with Gasteiger partial charge in [0.2, 0.25) is 0 Å². The maximum atomic E-state index is 12.5. The van der Waals surface area contributed by atoms with Crippen LogP contribution in [-0.4, -0.2) is 14.5 Å². The Morgan fingerprint density at radius 3 is 1.93 bits per heavy atom. The molecule has 72 heavy (non-hydrogen) atoms. The first-order valence-electron chi connectivity index (χ1n) is 25.5. The Bertz CT molecular complexity index is 3640. The normalized spacial score (nSPS) is 13.5. The average molecular weight is 1120 g/mol. The van der Waals surface area contributed by atoms with Crippen molar-refractivity contribution in [2.75, 3.05) is 0 Å². The van der Waals surface area contributed by atoms with Crippen LogP contribution in [0.1, 0.15) is 95.6 Å². The molecule has 359 valence electrons. The van der Waals surface area contributed by atoms with Gasteiger partial charge in [0.25, 0.3) is 0 Å². The number of rotatable bonds is 9. The molecule has 0 spiro atoms. The van der Waals surface area contributed by atoms with Crippen molar-refractivity contribution >= 4 is 33.0 Å². The fourth-order valence-corrected chi connectivity index (χ4v) is 10.2. The molecule has 1 fully saturated rings. The predicted molar refractivity (Wildman–Crippen MR) is 291 cm³/mol. The van der Waals surface area contributed by atoms with E-state index in [1.165, 1.54) is 57.8 Å². The topological polar surface area (TPSA) is 43.9 Å². The van der Waals surface area contributed by atoms with Gasteiger partial charge in [0.05, 0.1) is 28.6 Å². The first-order valence-corrected chi connectivity index (χ1v) is 25.0. The van der Waals surface area contributed by atoms with Crippen LogP contribution in [0.25, 0.3) is 94.7 Å². The number of aromatic nitrogens is 3. The third-order valence-corrected chi connectivity index (χ3v) is 14.0. The van der Waals surface area contributed by atoms with E-state index in [-0.39, 0.29) is 37.8 Å². The molecule has 0 saturated heterocycles. The molecule has 0 bridgehead atoms. The molecule has 0 N–H and O–H groups in total. The minimum atomic E-state index is -0.466. The number of imidazole rings is 1. The SMILES string of the molecule is Fc1ccc(-c2[c-]cccc2)nc1.[2H]C1(c2ccc(-c3ccc4c(c3)oc3c(-c5nc6ccccc6n5-c5c(C(C)C)cc(-c6ccc(-c7ccccc7)cc6)cc5C(C)C)[c-]ccc34)cc2)CCCCC1.[Ir]. The molecule has 11 aromatic rings. The zero-order chi connectivity index (χ0) is 49.3. The zero-order valence-corrected chi connectivity index (χ0v) is 43.4. The summed E-state index contributed by atoms with van der Waals surface area (Å²) in [5, 5.41) is 2.11. The maximum absolute atomic E-state index is 12.5. The standard InChI is InChI=1S/C55H49N2O.C11H7FN.Ir/c1-35(2)48-32-44(42-28-24-40(25-29-42)38-16-9-6-10-17-38)33-49(36(3)4)53(48)57-51-21-12-11-20-50(51)56-55(57)47-19-13-18-46-45-31-30-43(34-52(45)58-54(46)47)41-26-22-39(23-27-41)37-14-7-5-8-15-37;12-10-6-7-11(13-8-10)9-4-2-1-3-5-9;/h6,9-13,16-18,20-37H,5,7-8,14-15H2,1-4H3;1-4,6-8H;/q2*-1;/i37D;;. The van der Waals surface area contributed by atoms with E-state index >= 15 is 0 Å². The number of fused-ring (bicyclic) bond motifs is 4. The molecule has 4 nitrogen and oxygen atoms in total. The van der Waals surface area contributed by atoms with Crippen LogP contribution in [0, 0.1) is 17.9 Å². The molecular weight excluding hydrogens is 1060 g/mol. The summed E-state index contributed by atoms with van der Waals surface area (Å²) in [7, 11) is 0.